The Bertz CT molecular complexity index is 1440. The van der Waals surface area contributed by atoms with Crippen LogP contribution in [0.4, 0.5) is 15.3 Å². The van der Waals surface area contributed by atoms with Gasteiger partial charge < -0.3 is 4.90 Å². The van der Waals surface area contributed by atoms with E-state index in [-0.39, 0.29) is 24.6 Å². The van der Waals surface area contributed by atoms with Crippen LogP contribution < -0.4 is 10.2 Å². The minimum Gasteiger partial charge on any atom is -0.367 e. The van der Waals surface area contributed by atoms with Gasteiger partial charge in [0.2, 0.25) is 11.8 Å². The number of amides is 8. The molecule has 5 aliphatic rings. The number of barbiturate groups is 2. The molecule has 1 aromatic carbocycles. The number of fused-ring (bicyclic) bond motifs is 4. The van der Waals surface area contributed by atoms with Gasteiger partial charge in [-0.15, -0.1) is 0 Å². The van der Waals surface area contributed by atoms with Crippen LogP contribution in [-0.4, -0.2) is 83.6 Å². The number of anilines is 1. The first-order valence-electron chi connectivity index (χ1n) is 14.2. The number of nitrogens with zero attached hydrogens (tertiary/aromatic N) is 4. The van der Waals surface area contributed by atoms with E-state index < -0.39 is 41.1 Å². The molecule has 8 amide bonds. The molecule has 1 spiro atoms. The molecule has 4 heterocycles. The Morgan fingerprint density at radius 2 is 1.76 bits per heavy atom. The molecular weight excluding hydrogens is 526 g/mol. The second kappa shape index (κ2) is 9.97. The summed E-state index contributed by atoms with van der Waals surface area (Å²) < 4.78 is 0. The van der Waals surface area contributed by atoms with Gasteiger partial charge in [0.15, 0.2) is 5.41 Å². The zero-order chi connectivity index (χ0) is 29.1. The average Bonchev–Trinajstić information content (AvgIpc) is 3.47. The minimum absolute atomic E-state index is 0.0972. The van der Waals surface area contributed by atoms with E-state index in [1.54, 1.807) is 12.1 Å². The minimum atomic E-state index is -1.44. The quantitative estimate of drug-likeness (QED) is 0.260. The molecule has 1 N–H and O–H groups in total. The van der Waals surface area contributed by atoms with Gasteiger partial charge in [0, 0.05) is 32.9 Å². The number of imide groups is 4. The smallest absolute Gasteiger partial charge is 0.332 e. The van der Waals surface area contributed by atoms with E-state index in [1.807, 2.05) is 6.07 Å². The molecule has 11 nitrogen and oxygen atoms in total. The van der Waals surface area contributed by atoms with Gasteiger partial charge in [0.25, 0.3) is 11.8 Å². The molecule has 0 radical (unpaired) electrons. The largest absolute Gasteiger partial charge is 0.367 e. The first-order chi connectivity index (χ1) is 19.6. The van der Waals surface area contributed by atoms with E-state index in [4.69, 9.17) is 0 Å². The lowest BCUT2D eigenvalue weighted by atomic mass is 9.68. The summed E-state index contributed by atoms with van der Waals surface area (Å²) in [6.45, 7) is 0.852. The van der Waals surface area contributed by atoms with Crippen molar-refractivity contribution in [2.24, 2.45) is 5.41 Å². The highest BCUT2D eigenvalue weighted by atomic mass is 16.2. The Hall–Kier alpha value is -4.28. The normalized spacial score (nSPS) is 25.2. The van der Waals surface area contributed by atoms with Crippen molar-refractivity contribution in [1.29, 1.82) is 0 Å². The van der Waals surface area contributed by atoms with Crippen LogP contribution in [0.15, 0.2) is 35.4 Å². The fraction of sp³-hybridized carbons (Fsp3) is 0.467. The van der Waals surface area contributed by atoms with Gasteiger partial charge in [-0.1, -0.05) is 17.7 Å². The van der Waals surface area contributed by atoms with E-state index >= 15 is 0 Å². The van der Waals surface area contributed by atoms with Crippen molar-refractivity contribution < 1.29 is 28.8 Å². The van der Waals surface area contributed by atoms with Crippen molar-refractivity contribution in [2.45, 2.75) is 57.4 Å². The third-order valence-electron chi connectivity index (χ3n) is 9.19. The third kappa shape index (κ3) is 4.17. The summed E-state index contributed by atoms with van der Waals surface area (Å²) in [6.07, 6.45) is 9.91. The second-order valence-electron chi connectivity index (χ2n) is 11.5. The SMILES string of the molecule is CN1C(=O)N(C)C(=O)C2(Cc3cc(/C=C4\C(=O)NC(=O)N(CCC5=CCCCC5)C4=O)ccc3N3CCC[C@@H]32)C1=O. The number of hydrogen-bond donors (Lipinski definition) is 1. The van der Waals surface area contributed by atoms with Crippen molar-refractivity contribution in [3.8, 4) is 0 Å². The molecule has 11 heteroatoms. The summed E-state index contributed by atoms with van der Waals surface area (Å²) in [5.74, 6) is -2.44. The molecule has 1 aromatic rings. The van der Waals surface area contributed by atoms with Gasteiger partial charge >= 0.3 is 12.1 Å². The molecule has 1 aliphatic carbocycles. The average molecular weight is 560 g/mol. The van der Waals surface area contributed by atoms with E-state index in [1.165, 1.54) is 25.7 Å². The molecule has 214 valence electrons. The number of carbonyl (C=O) groups excluding carboxylic acids is 6. The Kier molecular flexibility index (Phi) is 6.55. The number of hydrogen-bond acceptors (Lipinski definition) is 7. The maximum atomic E-state index is 13.6. The number of rotatable bonds is 4. The van der Waals surface area contributed by atoms with Crippen molar-refractivity contribution in [1.82, 2.24) is 20.0 Å². The fourth-order valence-corrected chi connectivity index (χ4v) is 7.08. The Morgan fingerprint density at radius 1 is 1.00 bits per heavy atom. The number of nitrogens with one attached hydrogen (secondary N) is 1. The van der Waals surface area contributed by atoms with Crippen molar-refractivity contribution in [2.75, 3.05) is 32.1 Å². The van der Waals surface area contributed by atoms with Crippen LogP contribution in [0.2, 0.25) is 0 Å². The van der Waals surface area contributed by atoms with Crippen LogP contribution in [0.25, 0.3) is 6.08 Å². The van der Waals surface area contributed by atoms with Crippen LogP contribution in [0.3, 0.4) is 0 Å². The van der Waals surface area contributed by atoms with Crippen LogP contribution >= 0.6 is 0 Å². The molecule has 41 heavy (non-hydrogen) atoms. The lowest BCUT2D eigenvalue weighted by molar-refractivity contribution is -0.159. The van der Waals surface area contributed by atoms with Gasteiger partial charge in [0.05, 0.1) is 6.04 Å². The molecule has 6 rings (SSSR count). The fourth-order valence-electron chi connectivity index (χ4n) is 7.08. The molecule has 0 unspecified atom stereocenters. The lowest BCUT2D eigenvalue weighted by Crippen LogP contribution is -2.70. The lowest BCUT2D eigenvalue weighted by Gasteiger charge is -2.50. The first kappa shape index (κ1) is 26.9. The summed E-state index contributed by atoms with van der Waals surface area (Å²) in [4.78, 5) is 83.5. The van der Waals surface area contributed by atoms with Crippen molar-refractivity contribution in [3.05, 3.63) is 46.5 Å². The summed E-state index contributed by atoms with van der Waals surface area (Å²) >= 11 is 0. The second-order valence-corrected chi connectivity index (χ2v) is 11.5. The molecule has 0 aromatic heterocycles. The molecule has 3 fully saturated rings. The van der Waals surface area contributed by atoms with E-state index in [0.717, 1.165) is 58.1 Å². The third-order valence-corrected chi connectivity index (χ3v) is 9.19. The standard InChI is InChI=1S/C30H33N5O6/c1-32-26(38)30(27(39)33(2)29(32)41)17-20-15-19(10-11-22(20)34-13-6-9-23(30)34)16-21-24(36)31-28(40)35(25(21)37)14-12-18-7-4-3-5-8-18/h7,10-11,15-16,23H,3-6,8-9,12-14,17H2,1-2H3,(H,31,36,40)/b21-16+/t23-/m1/s1. The Labute approximate surface area is 237 Å². The monoisotopic (exact) mass is 559 g/mol. The molecule has 3 saturated heterocycles. The highest BCUT2D eigenvalue weighted by Crippen LogP contribution is 2.49. The van der Waals surface area contributed by atoms with Gasteiger partial charge in [-0.2, -0.15) is 0 Å². The Morgan fingerprint density at radius 3 is 2.46 bits per heavy atom. The van der Waals surface area contributed by atoms with Crippen LogP contribution in [0, 0.1) is 5.41 Å². The predicted octanol–water partition coefficient (Wildman–Crippen LogP) is 2.60. The summed E-state index contributed by atoms with van der Waals surface area (Å²) in [5.41, 5.74) is 1.76. The first-order valence-corrected chi connectivity index (χ1v) is 14.2. The summed E-state index contributed by atoms with van der Waals surface area (Å²) in [5, 5.41) is 2.28. The van der Waals surface area contributed by atoms with E-state index in [2.05, 4.69) is 16.3 Å². The number of benzene rings is 1. The van der Waals surface area contributed by atoms with Gasteiger partial charge in [-0.3, -0.25) is 39.2 Å². The van der Waals surface area contributed by atoms with Crippen LogP contribution in [0.1, 0.15) is 56.1 Å². The Balaban J connectivity index is 1.32. The van der Waals surface area contributed by atoms with Crippen molar-refractivity contribution >= 4 is 47.5 Å². The zero-order valence-corrected chi connectivity index (χ0v) is 23.3. The van der Waals surface area contributed by atoms with Gasteiger partial charge in [0.1, 0.15) is 5.57 Å². The summed E-state index contributed by atoms with van der Waals surface area (Å²) in [6, 6.07) is 3.70. The molecule has 1 atom stereocenters. The van der Waals surface area contributed by atoms with Crippen molar-refractivity contribution in [3.63, 3.8) is 0 Å². The molecular formula is C30H33N5O6. The predicted molar refractivity (Wildman–Crippen MR) is 148 cm³/mol. The summed E-state index contributed by atoms with van der Waals surface area (Å²) in [7, 11) is 2.80. The van der Waals surface area contributed by atoms with E-state index in [9.17, 15) is 28.8 Å². The maximum Gasteiger partial charge on any atom is 0.332 e. The molecule has 0 bridgehead atoms. The number of carbonyl (C=O) groups is 6. The van der Waals surface area contributed by atoms with Crippen LogP contribution in [-0.2, 0) is 25.6 Å². The number of allylic oxidation sites excluding steroid dienone is 1. The number of urea groups is 2. The molecule has 0 saturated carbocycles. The topological polar surface area (TPSA) is 127 Å². The zero-order valence-electron chi connectivity index (χ0n) is 23.3. The molecule has 4 aliphatic heterocycles. The highest BCUT2D eigenvalue weighted by Gasteiger charge is 2.63. The van der Waals surface area contributed by atoms with E-state index in [0.29, 0.717) is 24.9 Å². The van der Waals surface area contributed by atoms with Crippen LogP contribution in [0.5, 0.6) is 0 Å². The van der Waals surface area contributed by atoms with Gasteiger partial charge in [-0.25, -0.2) is 9.59 Å². The maximum absolute atomic E-state index is 13.6. The highest BCUT2D eigenvalue weighted by molar-refractivity contribution is 6.31. The van der Waals surface area contributed by atoms with Gasteiger partial charge in [-0.05, 0) is 80.7 Å².